The van der Waals surface area contributed by atoms with Gasteiger partial charge in [-0.2, -0.15) is 0 Å². The molecule has 1 aromatic rings. The fourth-order valence-corrected chi connectivity index (χ4v) is 4.22. The van der Waals surface area contributed by atoms with Crippen LogP contribution in [0.2, 0.25) is 0 Å². The normalized spacial score (nSPS) is 21.6. The average Bonchev–Trinajstić information content (AvgIpc) is 3.18. The van der Waals surface area contributed by atoms with Crippen molar-refractivity contribution in [3.8, 4) is 0 Å². The highest BCUT2D eigenvalue weighted by molar-refractivity contribution is 5.89. The first-order chi connectivity index (χ1) is 13.6. The van der Waals surface area contributed by atoms with Crippen molar-refractivity contribution in [2.24, 2.45) is 0 Å². The topological polar surface area (TPSA) is 62.8 Å². The summed E-state index contributed by atoms with van der Waals surface area (Å²) in [6.45, 7) is 2.68. The summed E-state index contributed by atoms with van der Waals surface area (Å²) >= 11 is 0. The molecular weight excluding hydrogens is 354 g/mol. The maximum atomic E-state index is 12.4. The van der Waals surface area contributed by atoms with Crippen molar-refractivity contribution >= 4 is 11.7 Å². The van der Waals surface area contributed by atoms with Crippen molar-refractivity contribution in [3.63, 3.8) is 0 Å². The molecule has 1 saturated carbocycles. The number of benzene rings is 1. The van der Waals surface area contributed by atoms with Gasteiger partial charge in [0.25, 0.3) is 0 Å². The van der Waals surface area contributed by atoms with Gasteiger partial charge in [0, 0.05) is 24.4 Å². The Hall–Kier alpha value is -1.63. The Morgan fingerprint density at radius 1 is 1.25 bits per heavy atom. The highest BCUT2D eigenvalue weighted by atomic mass is 16.5. The fourth-order valence-electron chi connectivity index (χ4n) is 4.22. The zero-order valence-corrected chi connectivity index (χ0v) is 17.3. The molecule has 0 bridgehead atoms. The molecule has 0 radical (unpaired) electrons. The molecule has 2 aliphatic rings. The Kier molecular flexibility index (Phi) is 7.71. The van der Waals surface area contributed by atoms with Gasteiger partial charge in [0.2, 0.25) is 0 Å². The van der Waals surface area contributed by atoms with Gasteiger partial charge in [-0.1, -0.05) is 25.0 Å². The van der Waals surface area contributed by atoms with Gasteiger partial charge in [0.05, 0.1) is 19.3 Å². The maximum Gasteiger partial charge on any atom is 0.319 e. The smallest absolute Gasteiger partial charge is 0.319 e. The number of urea groups is 1. The standard InChI is InChI=1S/C22H35N3O3/c1-25(2)22(11-4-5-12-22)17-23-21(26)24-19-9-7-8-18(14-19)15-27-16-20-10-3-6-13-28-20/h7-9,14,20H,3-6,10-13,15-17H2,1-2H3,(H2,23,24,26)/t20-/m1/s1. The quantitative estimate of drug-likeness (QED) is 0.710. The number of ether oxygens (including phenoxy) is 2. The third-order valence-electron chi connectivity index (χ3n) is 6.09. The molecule has 28 heavy (non-hydrogen) atoms. The third-order valence-corrected chi connectivity index (χ3v) is 6.09. The van der Waals surface area contributed by atoms with Crippen molar-refractivity contribution in [2.75, 3.05) is 39.2 Å². The largest absolute Gasteiger partial charge is 0.376 e. The average molecular weight is 390 g/mol. The number of likely N-dealkylation sites (N-methyl/N-ethyl adjacent to an activating group) is 1. The summed E-state index contributed by atoms with van der Waals surface area (Å²) in [5.41, 5.74) is 1.93. The second-order valence-corrected chi connectivity index (χ2v) is 8.34. The molecule has 6 heteroatoms. The number of hydrogen-bond acceptors (Lipinski definition) is 4. The van der Waals surface area contributed by atoms with Crippen LogP contribution in [0.15, 0.2) is 24.3 Å². The minimum Gasteiger partial charge on any atom is -0.376 e. The third kappa shape index (κ3) is 5.93. The number of nitrogens with one attached hydrogen (secondary N) is 2. The summed E-state index contributed by atoms with van der Waals surface area (Å²) in [7, 11) is 4.21. The molecule has 3 rings (SSSR count). The summed E-state index contributed by atoms with van der Waals surface area (Å²) < 4.78 is 11.5. The van der Waals surface area contributed by atoms with Gasteiger partial charge in [-0.3, -0.25) is 0 Å². The molecule has 2 amide bonds. The van der Waals surface area contributed by atoms with E-state index in [1.54, 1.807) is 0 Å². The molecule has 1 aliphatic heterocycles. The van der Waals surface area contributed by atoms with Crippen LogP contribution in [0.25, 0.3) is 0 Å². The minimum absolute atomic E-state index is 0.0915. The molecule has 1 aromatic carbocycles. The lowest BCUT2D eigenvalue weighted by Crippen LogP contribution is -2.51. The van der Waals surface area contributed by atoms with Crippen molar-refractivity contribution in [1.82, 2.24) is 10.2 Å². The van der Waals surface area contributed by atoms with Crippen molar-refractivity contribution in [3.05, 3.63) is 29.8 Å². The second kappa shape index (κ2) is 10.2. The van der Waals surface area contributed by atoms with Gasteiger partial charge < -0.3 is 25.0 Å². The monoisotopic (exact) mass is 389 g/mol. The molecule has 0 spiro atoms. The highest BCUT2D eigenvalue weighted by Crippen LogP contribution is 2.33. The van der Waals surface area contributed by atoms with E-state index in [0.29, 0.717) is 19.8 Å². The van der Waals surface area contributed by atoms with Crippen molar-refractivity contribution in [1.29, 1.82) is 0 Å². The van der Waals surface area contributed by atoms with E-state index in [-0.39, 0.29) is 17.7 Å². The fraction of sp³-hybridized carbons (Fsp3) is 0.682. The second-order valence-electron chi connectivity index (χ2n) is 8.34. The highest BCUT2D eigenvalue weighted by Gasteiger charge is 2.36. The molecule has 1 heterocycles. The van der Waals surface area contributed by atoms with Crippen LogP contribution < -0.4 is 10.6 Å². The van der Waals surface area contributed by atoms with Gasteiger partial charge >= 0.3 is 6.03 Å². The Balaban J connectivity index is 1.43. The first-order valence-electron chi connectivity index (χ1n) is 10.6. The molecule has 0 unspecified atom stereocenters. The predicted molar refractivity (Wildman–Crippen MR) is 112 cm³/mol. The molecule has 1 atom stereocenters. The number of nitrogens with zero attached hydrogens (tertiary/aromatic N) is 1. The summed E-state index contributed by atoms with van der Waals surface area (Å²) in [4.78, 5) is 14.6. The number of amides is 2. The van der Waals surface area contributed by atoms with Crippen LogP contribution in [0.1, 0.15) is 50.5 Å². The van der Waals surface area contributed by atoms with E-state index in [1.165, 1.54) is 19.3 Å². The molecule has 2 fully saturated rings. The van der Waals surface area contributed by atoms with Crippen LogP contribution in [-0.2, 0) is 16.1 Å². The molecule has 0 aromatic heterocycles. The van der Waals surface area contributed by atoms with Crippen LogP contribution in [0, 0.1) is 0 Å². The van der Waals surface area contributed by atoms with E-state index in [9.17, 15) is 4.79 Å². The zero-order valence-electron chi connectivity index (χ0n) is 17.3. The van der Waals surface area contributed by atoms with Crippen LogP contribution >= 0.6 is 0 Å². The van der Waals surface area contributed by atoms with Gasteiger partial charge in [-0.15, -0.1) is 0 Å². The van der Waals surface area contributed by atoms with Crippen LogP contribution in [-0.4, -0.2) is 56.4 Å². The van der Waals surface area contributed by atoms with Crippen molar-refractivity contribution in [2.45, 2.75) is 63.2 Å². The van der Waals surface area contributed by atoms with E-state index in [0.717, 1.165) is 43.5 Å². The molecule has 1 aliphatic carbocycles. The van der Waals surface area contributed by atoms with Gasteiger partial charge in [-0.05, 0) is 63.9 Å². The number of carbonyl (C=O) groups excluding carboxylic acids is 1. The van der Waals surface area contributed by atoms with Crippen LogP contribution in [0.3, 0.4) is 0 Å². The van der Waals surface area contributed by atoms with Crippen LogP contribution in [0.4, 0.5) is 10.5 Å². The van der Waals surface area contributed by atoms with E-state index in [1.807, 2.05) is 24.3 Å². The molecule has 2 N–H and O–H groups in total. The Morgan fingerprint density at radius 3 is 2.79 bits per heavy atom. The zero-order chi connectivity index (χ0) is 19.8. The predicted octanol–water partition coefficient (Wildman–Crippen LogP) is 3.77. The summed E-state index contributed by atoms with van der Waals surface area (Å²) in [6.07, 6.45) is 8.41. The van der Waals surface area contributed by atoms with Gasteiger partial charge in [-0.25, -0.2) is 4.79 Å². The number of rotatable bonds is 8. The Labute approximate surface area is 169 Å². The lowest BCUT2D eigenvalue weighted by atomic mass is 9.96. The number of hydrogen-bond donors (Lipinski definition) is 2. The van der Waals surface area contributed by atoms with E-state index in [4.69, 9.17) is 9.47 Å². The SMILES string of the molecule is CN(C)C1(CNC(=O)Nc2cccc(COC[C@H]3CCCCO3)c2)CCCC1. The van der Waals surface area contributed by atoms with Crippen molar-refractivity contribution < 1.29 is 14.3 Å². The van der Waals surface area contributed by atoms with E-state index in [2.05, 4.69) is 29.6 Å². The first-order valence-corrected chi connectivity index (χ1v) is 10.6. The van der Waals surface area contributed by atoms with Crippen LogP contribution in [0.5, 0.6) is 0 Å². The van der Waals surface area contributed by atoms with E-state index >= 15 is 0 Å². The Bertz CT molecular complexity index is 623. The first kappa shape index (κ1) is 21.1. The lowest BCUT2D eigenvalue weighted by molar-refractivity contribution is -0.0447. The Morgan fingerprint density at radius 2 is 2.07 bits per heavy atom. The molecule has 1 saturated heterocycles. The van der Waals surface area contributed by atoms with E-state index < -0.39 is 0 Å². The summed E-state index contributed by atoms with van der Waals surface area (Å²) in [6, 6.07) is 7.69. The summed E-state index contributed by atoms with van der Waals surface area (Å²) in [5, 5.41) is 6.01. The summed E-state index contributed by atoms with van der Waals surface area (Å²) in [5.74, 6) is 0. The maximum absolute atomic E-state index is 12.4. The lowest BCUT2D eigenvalue weighted by Gasteiger charge is -2.36. The molecule has 156 valence electrons. The van der Waals surface area contributed by atoms with Gasteiger partial charge in [0.15, 0.2) is 0 Å². The molecule has 6 nitrogen and oxygen atoms in total. The number of carbonyl (C=O) groups is 1. The minimum atomic E-state index is -0.151. The van der Waals surface area contributed by atoms with Gasteiger partial charge in [0.1, 0.15) is 0 Å². The molecular formula is C22H35N3O3. The number of anilines is 1.